The van der Waals surface area contributed by atoms with Gasteiger partial charge >= 0.3 is 0 Å². The molecule has 0 atom stereocenters. The number of fused-ring (bicyclic) bond motifs is 1. The second kappa shape index (κ2) is 7.23. The van der Waals surface area contributed by atoms with E-state index in [4.69, 9.17) is 16.0 Å². The standard InChI is InChI=1S/C19H22ClN5O2/c1-12-14(11-22-24(12)2)10-21-18(26)13-5-7-25(8-6-13)19-23-16-4-3-15(20)9-17(16)27-19/h3-4,9,11,13H,5-8,10H2,1-2H3,(H,21,26). The lowest BCUT2D eigenvalue weighted by atomic mass is 9.96. The second-order valence-corrected chi connectivity index (χ2v) is 7.40. The molecule has 1 amide bonds. The van der Waals surface area contributed by atoms with E-state index in [1.54, 1.807) is 18.3 Å². The third kappa shape index (κ3) is 3.64. The zero-order valence-corrected chi connectivity index (χ0v) is 16.2. The fourth-order valence-electron chi connectivity index (χ4n) is 3.40. The largest absolute Gasteiger partial charge is 0.423 e. The zero-order chi connectivity index (χ0) is 19.0. The third-order valence-electron chi connectivity index (χ3n) is 5.27. The minimum Gasteiger partial charge on any atom is -0.423 e. The van der Waals surface area contributed by atoms with Gasteiger partial charge in [0.15, 0.2) is 5.58 Å². The molecule has 142 valence electrons. The summed E-state index contributed by atoms with van der Waals surface area (Å²) in [5.74, 6) is 0.110. The number of carbonyl (C=O) groups excluding carboxylic acids is 1. The van der Waals surface area contributed by atoms with Crippen molar-refractivity contribution in [2.45, 2.75) is 26.3 Å². The van der Waals surface area contributed by atoms with Gasteiger partial charge in [-0.1, -0.05) is 11.6 Å². The zero-order valence-electron chi connectivity index (χ0n) is 15.4. The van der Waals surface area contributed by atoms with Crippen LogP contribution in [0.15, 0.2) is 28.8 Å². The number of benzene rings is 1. The van der Waals surface area contributed by atoms with Crippen molar-refractivity contribution in [3.05, 3.63) is 40.7 Å². The van der Waals surface area contributed by atoms with E-state index in [-0.39, 0.29) is 11.8 Å². The molecule has 0 radical (unpaired) electrons. The highest BCUT2D eigenvalue weighted by atomic mass is 35.5. The van der Waals surface area contributed by atoms with Crippen LogP contribution in [0.3, 0.4) is 0 Å². The van der Waals surface area contributed by atoms with Crippen LogP contribution in [0.25, 0.3) is 11.1 Å². The summed E-state index contributed by atoms with van der Waals surface area (Å²) >= 11 is 6.00. The molecule has 0 saturated carbocycles. The number of amides is 1. The lowest BCUT2D eigenvalue weighted by Gasteiger charge is -2.30. The Morgan fingerprint density at radius 3 is 2.85 bits per heavy atom. The molecule has 0 spiro atoms. The van der Waals surface area contributed by atoms with E-state index in [9.17, 15) is 4.79 Å². The first kappa shape index (κ1) is 17.9. The van der Waals surface area contributed by atoms with Gasteiger partial charge in [0.05, 0.1) is 6.20 Å². The predicted octanol–water partition coefficient (Wildman–Crippen LogP) is 3.06. The van der Waals surface area contributed by atoms with Gasteiger partial charge in [0.25, 0.3) is 6.01 Å². The Bertz CT molecular complexity index is 972. The maximum atomic E-state index is 12.5. The van der Waals surface area contributed by atoms with Gasteiger partial charge in [0.1, 0.15) is 5.52 Å². The average Bonchev–Trinajstić information content (AvgIpc) is 3.23. The number of rotatable bonds is 4. The van der Waals surface area contributed by atoms with Crippen molar-refractivity contribution >= 4 is 34.6 Å². The van der Waals surface area contributed by atoms with Gasteiger partial charge in [-0.2, -0.15) is 10.1 Å². The SMILES string of the molecule is Cc1c(CNC(=O)C2CCN(c3nc4ccc(Cl)cc4o3)CC2)cnn1C. The van der Waals surface area contributed by atoms with Crippen molar-refractivity contribution in [2.75, 3.05) is 18.0 Å². The normalized spacial score (nSPS) is 15.4. The lowest BCUT2D eigenvalue weighted by molar-refractivity contribution is -0.125. The second-order valence-electron chi connectivity index (χ2n) is 6.97. The van der Waals surface area contributed by atoms with Crippen molar-refractivity contribution in [3.8, 4) is 0 Å². The molecule has 3 aromatic rings. The summed E-state index contributed by atoms with van der Waals surface area (Å²) in [6.45, 7) is 4.00. The van der Waals surface area contributed by atoms with Crippen molar-refractivity contribution in [3.63, 3.8) is 0 Å². The Morgan fingerprint density at radius 1 is 1.37 bits per heavy atom. The topological polar surface area (TPSA) is 76.2 Å². The number of nitrogens with one attached hydrogen (secondary N) is 1. The minimum atomic E-state index is 0.0112. The molecule has 7 nitrogen and oxygen atoms in total. The summed E-state index contributed by atoms with van der Waals surface area (Å²) < 4.78 is 7.64. The number of halogens is 1. The van der Waals surface area contributed by atoms with Crippen LogP contribution in [-0.4, -0.2) is 33.8 Å². The molecule has 8 heteroatoms. The first-order valence-corrected chi connectivity index (χ1v) is 9.45. The van der Waals surface area contributed by atoms with Gasteiger partial charge in [-0.05, 0) is 31.9 Å². The molecule has 4 rings (SSSR count). The molecule has 2 aromatic heterocycles. The van der Waals surface area contributed by atoms with Gasteiger partial charge in [-0.3, -0.25) is 9.48 Å². The van der Waals surface area contributed by atoms with E-state index < -0.39 is 0 Å². The highest BCUT2D eigenvalue weighted by Gasteiger charge is 2.27. The van der Waals surface area contributed by atoms with Crippen LogP contribution in [0.2, 0.25) is 5.02 Å². The van der Waals surface area contributed by atoms with E-state index in [1.807, 2.05) is 24.7 Å². The first-order valence-electron chi connectivity index (χ1n) is 9.07. The molecule has 1 fully saturated rings. The van der Waals surface area contributed by atoms with Crippen LogP contribution in [0.4, 0.5) is 6.01 Å². The summed E-state index contributed by atoms with van der Waals surface area (Å²) in [5.41, 5.74) is 3.60. The van der Waals surface area contributed by atoms with Gasteiger partial charge in [0.2, 0.25) is 5.91 Å². The van der Waals surface area contributed by atoms with E-state index >= 15 is 0 Å². The molecule has 1 aliphatic rings. The molecule has 3 heterocycles. The van der Waals surface area contributed by atoms with Crippen molar-refractivity contribution in [1.29, 1.82) is 0 Å². The highest BCUT2D eigenvalue weighted by molar-refractivity contribution is 6.31. The Labute approximate surface area is 162 Å². The number of hydrogen-bond donors (Lipinski definition) is 1. The minimum absolute atomic E-state index is 0.0112. The average molecular weight is 388 g/mol. The number of oxazole rings is 1. The fraction of sp³-hybridized carbons (Fsp3) is 0.421. The molecule has 1 aromatic carbocycles. The fourth-order valence-corrected chi connectivity index (χ4v) is 3.56. The quantitative estimate of drug-likeness (QED) is 0.744. The summed E-state index contributed by atoms with van der Waals surface area (Å²) in [6, 6.07) is 6.02. The Hall–Kier alpha value is -2.54. The van der Waals surface area contributed by atoms with E-state index in [1.165, 1.54) is 0 Å². The summed E-state index contributed by atoms with van der Waals surface area (Å²) in [7, 11) is 1.90. The molecule has 1 saturated heterocycles. The smallest absolute Gasteiger partial charge is 0.298 e. The maximum Gasteiger partial charge on any atom is 0.298 e. The highest BCUT2D eigenvalue weighted by Crippen LogP contribution is 2.28. The van der Waals surface area contributed by atoms with Crippen molar-refractivity contribution in [1.82, 2.24) is 20.1 Å². The number of carbonyl (C=O) groups is 1. The van der Waals surface area contributed by atoms with E-state index in [0.717, 1.165) is 42.7 Å². The third-order valence-corrected chi connectivity index (χ3v) is 5.50. The molecule has 0 aliphatic carbocycles. The summed E-state index contributed by atoms with van der Waals surface area (Å²) in [6.07, 6.45) is 3.35. The number of piperidine rings is 1. The Kier molecular flexibility index (Phi) is 4.78. The van der Waals surface area contributed by atoms with Crippen LogP contribution in [0.5, 0.6) is 0 Å². The van der Waals surface area contributed by atoms with Crippen LogP contribution < -0.4 is 10.2 Å². The van der Waals surface area contributed by atoms with Crippen LogP contribution in [0.1, 0.15) is 24.1 Å². The van der Waals surface area contributed by atoms with Crippen LogP contribution >= 0.6 is 11.6 Å². The summed E-state index contributed by atoms with van der Waals surface area (Å²) in [5, 5.41) is 7.88. The van der Waals surface area contributed by atoms with Crippen LogP contribution in [0, 0.1) is 12.8 Å². The number of nitrogens with zero attached hydrogens (tertiary/aromatic N) is 4. The summed E-state index contributed by atoms with van der Waals surface area (Å²) in [4.78, 5) is 19.1. The van der Waals surface area contributed by atoms with Crippen molar-refractivity contribution < 1.29 is 9.21 Å². The maximum absolute atomic E-state index is 12.5. The predicted molar refractivity (Wildman–Crippen MR) is 104 cm³/mol. The molecule has 1 aliphatic heterocycles. The van der Waals surface area contributed by atoms with Gasteiger partial charge < -0.3 is 14.6 Å². The number of aryl methyl sites for hydroxylation is 1. The number of hydrogen-bond acceptors (Lipinski definition) is 5. The molecule has 0 bridgehead atoms. The Morgan fingerprint density at radius 2 is 2.15 bits per heavy atom. The van der Waals surface area contributed by atoms with Gasteiger partial charge in [-0.25, -0.2) is 0 Å². The van der Waals surface area contributed by atoms with Gasteiger partial charge in [-0.15, -0.1) is 0 Å². The lowest BCUT2D eigenvalue weighted by Crippen LogP contribution is -2.40. The number of aromatic nitrogens is 3. The molecular formula is C19H22ClN5O2. The van der Waals surface area contributed by atoms with E-state index in [0.29, 0.717) is 23.2 Å². The molecule has 0 unspecified atom stereocenters. The van der Waals surface area contributed by atoms with Crippen molar-refractivity contribution in [2.24, 2.45) is 13.0 Å². The Balaban J connectivity index is 1.33. The van der Waals surface area contributed by atoms with Crippen LogP contribution in [-0.2, 0) is 18.4 Å². The van der Waals surface area contributed by atoms with E-state index in [2.05, 4.69) is 20.3 Å². The molecule has 1 N–H and O–H groups in total. The monoisotopic (exact) mass is 387 g/mol. The number of anilines is 1. The first-order chi connectivity index (χ1) is 13.0. The molecular weight excluding hydrogens is 366 g/mol. The van der Waals surface area contributed by atoms with Gasteiger partial charge in [0, 0.05) is 54.9 Å². The molecule has 27 heavy (non-hydrogen) atoms.